The van der Waals surface area contributed by atoms with Crippen molar-refractivity contribution in [3.05, 3.63) is 116 Å². The molecule has 0 unspecified atom stereocenters. The van der Waals surface area contributed by atoms with Crippen LogP contribution in [0.1, 0.15) is 52.8 Å². The molecule has 0 aliphatic heterocycles. The number of benzene rings is 3. The summed E-state index contributed by atoms with van der Waals surface area (Å²) in [5.74, 6) is -0.0372. The van der Waals surface area contributed by atoms with Crippen molar-refractivity contribution in [3.63, 3.8) is 0 Å². The molecule has 5 rings (SSSR count). The van der Waals surface area contributed by atoms with Gasteiger partial charge in [0.2, 0.25) is 5.82 Å². The molecule has 0 bridgehead atoms. The molecule has 0 saturated heterocycles. The molecule has 0 atom stereocenters. The molecule has 3 aromatic carbocycles. The summed E-state index contributed by atoms with van der Waals surface area (Å²) in [6.07, 6.45) is 2.41. The van der Waals surface area contributed by atoms with Crippen LogP contribution < -0.4 is 5.32 Å². The van der Waals surface area contributed by atoms with Gasteiger partial charge in [0.25, 0.3) is 11.0 Å². The summed E-state index contributed by atoms with van der Waals surface area (Å²) in [4.78, 5) is 45.0. The van der Waals surface area contributed by atoms with Crippen LogP contribution in [-0.4, -0.2) is 53.7 Å². The van der Waals surface area contributed by atoms with Gasteiger partial charge in [-0.3, -0.25) is 9.59 Å². The number of hydrogen-bond donors (Lipinski definition) is 2. The first-order chi connectivity index (χ1) is 22.8. The molecular formula is C32H31ClN8O6. The molecule has 242 valence electrons. The highest BCUT2D eigenvalue weighted by Crippen LogP contribution is 2.30. The Labute approximate surface area is 274 Å². The number of aryl methyl sites for hydroxylation is 1. The van der Waals surface area contributed by atoms with Crippen molar-refractivity contribution in [2.75, 3.05) is 6.54 Å². The molecule has 0 saturated carbocycles. The van der Waals surface area contributed by atoms with Gasteiger partial charge in [-0.15, -0.1) is 20.3 Å². The zero-order valence-electron chi connectivity index (χ0n) is 25.4. The third kappa shape index (κ3) is 8.55. The zero-order valence-corrected chi connectivity index (χ0v) is 26.1. The van der Waals surface area contributed by atoms with E-state index in [0.29, 0.717) is 35.7 Å². The van der Waals surface area contributed by atoms with Gasteiger partial charge in [-0.05, 0) is 39.5 Å². The maximum atomic E-state index is 13.3. The van der Waals surface area contributed by atoms with Crippen molar-refractivity contribution in [2.24, 2.45) is 0 Å². The normalized spacial score (nSPS) is 10.9. The van der Waals surface area contributed by atoms with Crippen LogP contribution in [0.4, 0.5) is 0 Å². The average molecular weight is 659 g/mol. The molecule has 0 aliphatic rings. The van der Waals surface area contributed by atoms with Crippen molar-refractivity contribution in [1.29, 1.82) is 0 Å². The smallest absolute Gasteiger partial charge is 0.325 e. The number of hydrogen-bond acceptors (Lipinski definition) is 10. The fourth-order valence-electron chi connectivity index (χ4n) is 4.87. The summed E-state index contributed by atoms with van der Waals surface area (Å²) in [5, 5.41) is 26.5. The molecule has 2 N–H and O–H groups in total. The van der Waals surface area contributed by atoms with Gasteiger partial charge in [0.05, 0.1) is 0 Å². The zero-order chi connectivity index (χ0) is 33.2. The Bertz CT molecular complexity index is 1830. The number of unbranched alkanes of at least 4 members (excludes halogenated alkanes) is 1. The van der Waals surface area contributed by atoms with Crippen LogP contribution in [0.3, 0.4) is 0 Å². The SMILES string of the molecule is CCCCc1nc(Cl)c(C(=O)NCC(=O)OCc2ccc(CO[N+](=O)[O-])cc2)n1Cc1ccc(-c2ccccc2-c2nn[nH]n2)cc1. The van der Waals surface area contributed by atoms with Gasteiger partial charge < -0.3 is 19.5 Å². The topological polar surface area (TPSA) is 180 Å². The van der Waals surface area contributed by atoms with Crippen molar-refractivity contribution < 1.29 is 24.3 Å². The highest BCUT2D eigenvalue weighted by molar-refractivity contribution is 6.32. The number of ether oxygens (including phenoxy) is 1. The standard InChI is InChI=1S/C32H31ClN8O6/c1-2-3-8-27-35-30(33)29(32(43)34-17-28(42)46-19-22-9-11-23(12-10-22)20-47-41(44)45)40(27)18-21-13-15-24(16-14-21)25-6-4-5-7-26(25)31-36-38-39-37-31/h4-7,9-16H,2-3,8,17-20H2,1H3,(H,34,43)(H,36,37,38,39). The number of rotatable bonds is 15. The number of amides is 1. The van der Waals surface area contributed by atoms with Crippen molar-refractivity contribution >= 4 is 23.5 Å². The summed E-state index contributed by atoms with van der Waals surface area (Å²) in [6.45, 7) is 1.80. The molecule has 15 heteroatoms. The summed E-state index contributed by atoms with van der Waals surface area (Å²) < 4.78 is 7.07. The van der Waals surface area contributed by atoms with Gasteiger partial charge in [0, 0.05) is 18.5 Å². The van der Waals surface area contributed by atoms with E-state index in [2.05, 4.69) is 42.7 Å². The summed E-state index contributed by atoms with van der Waals surface area (Å²) >= 11 is 6.50. The number of halogens is 1. The highest BCUT2D eigenvalue weighted by Gasteiger charge is 2.23. The second-order valence-corrected chi connectivity index (χ2v) is 10.8. The van der Waals surface area contributed by atoms with E-state index in [9.17, 15) is 19.7 Å². The Hall–Kier alpha value is -5.63. The van der Waals surface area contributed by atoms with Crippen LogP contribution in [-0.2, 0) is 40.5 Å². The van der Waals surface area contributed by atoms with Crippen LogP contribution in [0.15, 0.2) is 72.8 Å². The molecule has 5 aromatic rings. The third-order valence-electron chi connectivity index (χ3n) is 7.24. The number of carbonyl (C=O) groups excluding carboxylic acids is 2. The maximum Gasteiger partial charge on any atom is 0.325 e. The molecule has 0 fully saturated rings. The fourth-order valence-corrected chi connectivity index (χ4v) is 5.15. The molecular weight excluding hydrogens is 628 g/mol. The lowest BCUT2D eigenvalue weighted by molar-refractivity contribution is -0.763. The van der Waals surface area contributed by atoms with Crippen molar-refractivity contribution in [3.8, 4) is 22.5 Å². The number of imidazole rings is 1. The number of H-pyrrole nitrogens is 1. The number of aromatic amines is 1. The Morgan fingerprint density at radius 1 is 0.979 bits per heavy atom. The van der Waals surface area contributed by atoms with E-state index >= 15 is 0 Å². The molecule has 0 spiro atoms. The minimum atomic E-state index is -0.866. The van der Waals surface area contributed by atoms with Gasteiger partial charge in [-0.2, -0.15) is 5.21 Å². The number of nitrogens with zero attached hydrogens (tertiary/aromatic N) is 6. The van der Waals surface area contributed by atoms with Crippen LogP contribution in [0.5, 0.6) is 0 Å². The van der Waals surface area contributed by atoms with E-state index in [0.717, 1.165) is 35.1 Å². The molecule has 0 aliphatic carbocycles. The van der Waals surface area contributed by atoms with E-state index in [1.54, 1.807) is 28.8 Å². The Balaban J connectivity index is 1.25. The lowest BCUT2D eigenvalue weighted by Gasteiger charge is -2.13. The van der Waals surface area contributed by atoms with Gasteiger partial charge in [-0.1, -0.05) is 97.7 Å². The summed E-state index contributed by atoms with van der Waals surface area (Å²) in [5.41, 5.74) is 5.08. The minimum absolute atomic E-state index is 0.0412. The average Bonchev–Trinajstić information content (AvgIpc) is 3.73. The number of nitrogens with one attached hydrogen (secondary N) is 2. The maximum absolute atomic E-state index is 13.3. The first kappa shape index (κ1) is 32.8. The second kappa shape index (κ2) is 15.6. The van der Waals surface area contributed by atoms with E-state index in [4.69, 9.17) is 16.3 Å². The quantitative estimate of drug-likeness (QED) is 0.0887. The monoisotopic (exact) mass is 658 g/mol. The van der Waals surface area contributed by atoms with Gasteiger partial charge in [0.1, 0.15) is 31.3 Å². The first-order valence-corrected chi connectivity index (χ1v) is 15.2. The number of carbonyl (C=O) groups is 2. The van der Waals surface area contributed by atoms with E-state index in [1.165, 1.54) is 0 Å². The van der Waals surface area contributed by atoms with Crippen LogP contribution >= 0.6 is 11.6 Å². The van der Waals surface area contributed by atoms with E-state index in [1.807, 2.05) is 48.5 Å². The Morgan fingerprint density at radius 2 is 1.66 bits per heavy atom. The summed E-state index contributed by atoms with van der Waals surface area (Å²) in [6, 6.07) is 22.3. The number of esters is 1. The predicted octanol–water partition coefficient (Wildman–Crippen LogP) is 4.96. The lowest BCUT2D eigenvalue weighted by Crippen LogP contribution is -2.32. The van der Waals surface area contributed by atoms with Crippen LogP contribution in [0, 0.1) is 10.1 Å². The molecule has 2 aromatic heterocycles. The number of aromatic nitrogens is 6. The predicted molar refractivity (Wildman–Crippen MR) is 170 cm³/mol. The van der Waals surface area contributed by atoms with Gasteiger partial charge >= 0.3 is 5.97 Å². The molecule has 2 heterocycles. The Kier molecular flexibility index (Phi) is 10.9. The molecule has 1 amide bonds. The second-order valence-electron chi connectivity index (χ2n) is 10.5. The largest absolute Gasteiger partial charge is 0.460 e. The first-order valence-electron chi connectivity index (χ1n) is 14.8. The lowest BCUT2D eigenvalue weighted by atomic mass is 9.98. The summed E-state index contributed by atoms with van der Waals surface area (Å²) in [7, 11) is 0. The van der Waals surface area contributed by atoms with E-state index in [-0.39, 0.29) is 30.6 Å². The van der Waals surface area contributed by atoms with Gasteiger partial charge in [-0.25, -0.2) is 4.98 Å². The molecule has 14 nitrogen and oxygen atoms in total. The van der Waals surface area contributed by atoms with Crippen molar-refractivity contribution in [1.82, 2.24) is 35.5 Å². The molecule has 0 radical (unpaired) electrons. The minimum Gasteiger partial charge on any atom is -0.460 e. The fraction of sp³-hybridized carbons (Fsp3) is 0.250. The number of tetrazole rings is 1. The third-order valence-corrected chi connectivity index (χ3v) is 7.51. The van der Waals surface area contributed by atoms with E-state index < -0.39 is 17.0 Å². The molecule has 47 heavy (non-hydrogen) atoms. The van der Waals surface area contributed by atoms with Crippen LogP contribution in [0.2, 0.25) is 5.15 Å². The van der Waals surface area contributed by atoms with Gasteiger partial charge in [0.15, 0.2) is 5.15 Å². The Morgan fingerprint density at radius 3 is 2.32 bits per heavy atom. The van der Waals surface area contributed by atoms with Crippen molar-refractivity contribution in [2.45, 2.75) is 45.9 Å². The highest BCUT2D eigenvalue weighted by atomic mass is 35.5. The van der Waals surface area contributed by atoms with Crippen LogP contribution in [0.25, 0.3) is 22.5 Å².